The highest BCUT2D eigenvalue weighted by atomic mass is 32.2. The molecule has 1 amide bonds. The summed E-state index contributed by atoms with van der Waals surface area (Å²) in [6, 6.07) is 4.72. The molecule has 1 aromatic carbocycles. The van der Waals surface area contributed by atoms with Crippen LogP contribution in [0.1, 0.15) is 25.5 Å². The van der Waals surface area contributed by atoms with Crippen LogP contribution in [0, 0.1) is 0 Å². The fraction of sp³-hybridized carbons (Fsp3) is 0.438. The van der Waals surface area contributed by atoms with Crippen LogP contribution in [0.5, 0.6) is 11.5 Å². The Hall–Kier alpha value is -2.36. The smallest absolute Gasteiger partial charge is 0.387 e. The summed E-state index contributed by atoms with van der Waals surface area (Å²) in [5, 5.41) is 11.3. The Balaban J connectivity index is 1.88. The van der Waals surface area contributed by atoms with Crippen molar-refractivity contribution in [1.29, 1.82) is 0 Å². The van der Waals surface area contributed by atoms with Crippen molar-refractivity contribution in [3.63, 3.8) is 0 Å². The molecule has 0 fully saturated rings. The van der Waals surface area contributed by atoms with Gasteiger partial charge in [0.25, 0.3) is 0 Å². The Morgan fingerprint density at radius 3 is 2.77 bits per heavy atom. The van der Waals surface area contributed by atoms with Gasteiger partial charge in [-0.05, 0) is 31.5 Å². The number of carbonyl (C=O) groups excluding carboxylic acids is 1. The van der Waals surface area contributed by atoms with Gasteiger partial charge in [-0.1, -0.05) is 17.8 Å². The fourth-order valence-electron chi connectivity index (χ4n) is 2.09. The summed E-state index contributed by atoms with van der Waals surface area (Å²) < 4.78 is 35.9. The predicted octanol–water partition coefficient (Wildman–Crippen LogP) is 2.88. The van der Waals surface area contributed by atoms with Gasteiger partial charge >= 0.3 is 6.61 Å². The predicted molar refractivity (Wildman–Crippen MR) is 92.6 cm³/mol. The van der Waals surface area contributed by atoms with E-state index in [0.29, 0.717) is 10.7 Å². The van der Waals surface area contributed by atoms with Crippen LogP contribution in [0.15, 0.2) is 29.7 Å². The number of methoxy groups -OCH3 is 1. The summed E-state index contributed by atoms with van der Waals surface area (Å²) in [7, 11) is 1.36. The minimum absolute atomic E-state index is 0.0545. The normalized spacial score (nSPS) is 11.0. The molecule has 0 saturated heterocycles. The van der Waals surface area contributed by atoms with E-state index < -0.39 is 6.61 Å². The van der Waals surface area contributed by atoms with Crippen LogP contribution in [0.2, 0.25) is 0 Å². The molecule has 0 saturated carbocycles. The minimum atomic E-state index is -2.93. The van der Waals surface area contributed by atoms with Crippen molar-refractivity contribution in [3.8, 4) is 11.5 Å². The lowest BCUT2D eigenvalue weighted by Crippen LogP contribution is -2.24. The molecule has 0 unspecified atom stereocenters. The zero-order valence-electron chi connectivity index (χ0n) is 14.6. The quantitative estimate of drug-likeness (QED) is 0.668. The van der Waals surface area contributed by atoms with Crippen LogP contribution < -0.4 is 14.8 Å². The maximum absolute atomic E-state index is 12.3. The number of hydrogen-bond acceptors (Lipinski definition) is 6. The van der Waals surface area contributed by atoms with Gasteiger partial charge in [-0.15, -0.1) is 10.2 Å². The van der Waals surface area contributed by atoms with Crippen LogP contribution in [-0.4, -0.2) is 40.1 Å². The number of thioether (sulfide) groups is 1. The molecule has 10 heteroatoms. The fourth-order valence-corrected chi connectivity index (χ4v) is 2.96. The highest BCUT2D eigenvalue weighted by molar-refractivity contribution is 7.99. The highest BCUT2D eigenvalue weighted by Gasteiger charge is 2.13. The maximum atomic E-state index is 12.3. The van der Waals surface area contributed by atoms with Crippen LogP contribution in [0.4, 0.5) is 8.78 Å². The number of rotatable bonds is 9. The summed E-state index contributed by atoms with van der Waals surface area (Å²) in [6.45, 7) is 1.31. The van der Waals surface area contributed by atoms with Crippen LogP contribution in [0.25, 0.3) is 0 Å². The molecule has 0 radical (unpaired) electrons. The van der Waals surface area contributed by atoms with Crippen LogP contribution in [0.3, 0.4) is 0 Å². The van der Waals surface area contributed by atoms with E-state index in [1.54, 1.807) is 18.5 Å². The van der Waals surface area contributed by atoms with Gasteiger partial charge in [-0.3, -0.25) is 4.79 Å². The van der Waals surface area contributed by atoms with Gasteiger partial charge in [0.15, 0.2) is 16.7 Å². The van der Waals surface area contributed by atoms with Crippen molar-refractivity contribution in [2.75, 3.05) is 12.9 Å². The second-order valence-electron chi connectivity index (χ2n) is 5.54. The van der Waals surface area contributed by atoms with E-state index in [4.69, 9.17) is 4.74 Å². The van der Waals surface area contributed by atoms with Crippen molar-refractivity contribution < 1.29 is 23.0 Å². The van der Waals surface area contributed by atoms with Crippen LogP contribution >= 0.6 is 11.8 Å². The van der Waals surface area contributed by atoms with E-state index in [9.17, 15) is 13.6 Å². The van der Waals surface area contributed by atoms with E-state index in [0.717, 1.165) is 0 Å². The average molecular weight is 386 g/mol. The molecular weight excluding hydrogens is 366 g/mol. The van der Waals surface area contributed by atoms with Gasteiger partial charge in [-0.2, -0.15) is 8.78 Å². The molecule has 1 heterocycles. The van der Waals surface area contributed by atoms with Crippen LogP contribution in [-0.2, 0) is 11.3 Å². The lowest BCUT2D eigenvalue weighted by molar-refractivity contribution is -0.118. The molecule has 7 nitrogen and oxygen atoms in total. The molecule has 1 N–H and O–H groups in total. The number of carbonyl (C=O) groups is 1. The number of hydrogen-bond donors (Lipinski definition) is 1. The number of halogens is 2. The molecule has 0 atom stereocenters. The van der Waals surface area contributed by atoms with Crippen molar-refractivity contribution in [3.05, 3.63) is 30.1 Å². The van der Waals surface area contributed by atoms with Gasteiger partial charge in [0.2, 0.25) is 5.91 Å². The first-order valence-electron chi connectivity index (χ1n) is 7.81. The Morgan fingerprint density at radius 1 is 1.35 bits per heavy atom. The maximum Gasteiger partial charge on any atom is 0.387 e. The molecule has 142 valence electrons. The topological polar surface area (TPSA) is 78.3 Å². The average Bonchev–Trinajstić information content (AvgIpc) is 3.07. The number of aromatic nitrogens is 3. The number of benzene rings is 1. The first-order valence-corrected chi connectivity index (χ1v) is 8.80. The third-order valence-electron chi connectivity index (χ3n) is 3.36. The Bertz CT molecular complexity index is 740. The molecule has 0 aliphatic heterocycles. The second-order valence-corrected chi connectivity index (χ2v) is 6.49. The first-order chi connectivity index (χ1) is 12.4. The third-order valence-corrected chi connectivity index (χ3v) is 4.32. The highest BCUT2D eigenvalue weighted by Crippen LogP contribution is 2.29. The third kappa shape index (κ3) is 5.58. The minimum Gasteiger partial charge on any atom is -0.493 e. The summed E-state index contributed by atoms with van der Waals surface area (Å²) in [5.74, 6) is 0.132. The Labute approximate surface area is 154 Å². The zero-order chi connectivity index (χ0) is 19.1. The van der Waals surface area contributed by atoms with E-state index >= 15 is 0 Å². The van der Waals surface area contributed by atoms with Crippen molar-refractivity contribution in [2.45, 2.75) is 38.2 Å². The monoisotopic (exact) mass is 386 g/mol. The molecule has 0 spiro atoms. The van der Waals surface area contributed by atoms with Crippen molar-refractivity contribution in [1.82, 2.24) is 20.1 Å². The van der Waals surface area contributed by atoms with E-state index in [1.807, 2.05) is 18.4 Å². The summed E-state index contributed by atoms with van der Waals surface area (Å²) in [5.41, 5.74) is 0.701. The Kier molecular flexibility index (Phi) is 7.19. The lowest BCUT2D eigenvalue weighted by atomic mass is 10.2. The zero-order valence-corrected chi connectivity index (χ0v) is 15.4. The SMILES string of the molecule is COc1cc(CNC(=O)CSc2nncn2C(C)C)ccc1OC(F)F. The molecule has 2 aromatic rings. The number of nitrogens with one attached hydrogen (secondary N) is 1. The van der Waals surface area contributed by atoms with Gasteiger partial charge in [0.05, 0.1) is 12.9 Å². The molecular formula is C16H20F2N4O3S. The molecule has 0 aliphatic carbocycles. The van der Waals surface area contributed by atoms with E-state index in [-0.39, 0.29) is 35.7 Å². The van der Waals surface area contributed by atoms with E-state index in [1.165, 1.54) is 24.9 Å². The van der Waals surface area contributed by atoms with Crippen molar-refractivity contribution in [2.24, 2.45) is 0 Å². The Morgan fingerprint density at radius 2 is 2.12 bits per heavy atom. The molecule has 26 heavy (non-hydrogen) atoms. The van der Waals surface area contributed by atoms with Crippen molar-refractivity contribution >= 4 is 17.7 Å². The largest absolute Gasteiger partial charge is 0.493 e. The van der Waals surface area contributed by atoms with Gasteiger partial charge in [-0.25, -0.2) is 0 Å². The number of nitrogens with zero attached hydrogens (tertiary/aromatic N) is 3. The summed E-state index contributed by atoms with van der Waals surface area (Å²) in [4.78, 5) is 12.0. The standard InChI is InChI=1S/C16H20F2N4O3S/c1-10(2)22-9-20-21-16(22)26-8-14(23)19-7-11-4-5-12(25-15(17)18)13(6-11)24-3/h4-6,9-10,15H,7-8H2,1-3H3,(H,19,23). The van der Waals surface area contributed by atoms with Gasteiger partial charge in [0.1, 0.15) is 6.33 Å². The molecule has 0 aliphatic rings. The lowest BCUT2D eigenvalue weighted by Gasteiger charge is -2.12. The number of alkyl halides is 2. The second kappa shape index (κ2) is 9.37. The van der Waals surface area contributed by atoms with Gasteiger partial charge < -0.3 is 19.4 Å². The summed E-state index contributed by atoms with van der Waals surface area (Å²) in [6.07, 6.45) is 1.63. The number of ether oxygens (including phenoxy) is 2. The molecule has 0 bridgehead atoms. The van der Waals surface area contributed by atoms with Gasteiger partial charge in [0, 0.05) is 12.6 Å². The first kappa shape index (κ1) is 20.0. The number of amides is 1. The summed E-state index contributed by atoms with van der Waals surface area (Å²) >= 11 is 1.29. The van der Waals surface area contributed by atoms with E-state index in [2.05, 4.69) is 20.3 Å². The molecule has 1 aromatic heterocycles. The molecule has 2 rings (SSSR count).